The Hall–Kier alpha value is -1.35. The molecular weight excluding hydrogens is 790 g/mol. The molecule has 4 aromatic rings. The summed E-state index contributed by atoms with van der Waals surface area (Å²) in [6.07, 6.45) is 8.87. The van der Waals surface area contributed by atoms with Crippen molar-refractivity contribution >= 4 is 70.7 Å². The Labute approximate surface area is 294 Å². The van der Waals surface area contributed by atoms with Gasteiger partial charge in [-0.15, -0.1) is 24.8 Å². The van der Waals surface area contributed by atoms with Gasteiger partial charge in [-0.3, -0.25) is 0 Å². The van der Waals surface area contributed by atoms with Crippen LogP contribution in [-0.2, 0) is 35.5 Å². The predicted molar refractivity (Wildman–Crippen MR) is 203 cm³/mol. The first-order chi connectivity index (χ1) is 19.7. The van der Waals surface area contributed by atoms with Crippen LogP contribution in [0.25, 0.3) is 11.1 Å². The molecule has 0 saturated heterocycles. The molecule has 2 aliphatic carbocycles. The van der Waals surface area contributed by atoms with E-state index in [1.54, 1.807) is 0 Å². The van der Waals surface area contributed by atoms with E-state index >= 15 is 0 Å². The van der Waals surface area contributed by atoms with Gasteiger partial charge in [0.25, 0.3) is 0 Å². The fourth-order valence-electron chi connectivity index (χ4n) is 7.51. The molecule has 230 valence electrons. The fraction of sp³-hybridized carbons (Fsp3) is 0.256. The summed E-state index contributed by atoms with van der Waals surface area (Å²) in [5, 5.41) is 0. The van der Waals surface area contributed by atoms with Crippen molar-refractivity contribution in [2.45, 2.75) is 65.2 Å². The first-order valence-corrected chi connectivity index (χ1v) is 23.2. The molecule has 0 saturated carbocycles. The van der Waals surface area contributed by atoms with E-state index in [1.807, 2.05) is 0 Å². The minimum absolute atomic E-state index is 0. The molecule has 4 aromatic carbocycles. The Morgan fingerprint density at radius 2 is 1.30 bits per heavy atom. The molecule has 0 N–H and O–H groups in total. The standard InChI is InChI=1S/C21H25.2C6H4Br.C5H5.CH2.2ClH.Zr/c1-20(2,3)16-7-9-18-14(12-16)11-15-13-17(21(4,5)6)8-10-19(15)18;2*7-6-4-2-1-3-5-6;1-2-4-5-3-1;;;;/h7-10,12H,11H2,1-6H3;2*1-2,4-5H;1-3H,4H2;1H2;2*1H;. The SMILES string of the molecule is Cl.Cl.[CH2]=[Zr]([C]1=CC=CC1)([c]1cccc(Br)c1)([c]1cccc(Br)c1)[c]1c(C(C)(C)C)ccc2c1Cc1cc(C(C)(C)C)ccc1-2. The molecule has 0 aliphatic heterocycles. The molecule has 0 unspecified atom stereocenters. The molecule has 0 nitrogen and oxygen atoms in total. The Bertz CT molecular complexity index is 1830. The molecule has 6 rings (SSSR count). The molecule has 0 fully saturated rings. The maximum absolute atomic E-state index is 5.71. The van der Waals surface area contributed by atoms with Crippen molar-refractivity contribution < 1.29 is 18.3 Å². The first kappa shape index (κ1) is 35.5. The van der Waals surface area contributed by atoms with Gasteiger partial charge < -0.3 is 0 Å². The van der Waals surface area contributed by atoms with Crippen molar-refractivity contribution in [2.24, 2.45) is 0 Å². The summed E-state index contributed by atoms with van der Waals surface area (Å²) in [6.45, 7) is 14.1. The molecule has 2 aliphatic rings. The van der Waals surface area contributed by atoms with Gasteiger partial charge in [-0.05, 0) is 0 Å². The summed E-state index contributed by atoms with van der Waals surface area (Å²) in [7, 11) is 0. The Kier molecular flexibility index (Phi) is 9.97. The van der Waals surface area contributed by atoms with Crippen LogP contribution < -0.4 is 9.81 Å². The number of rotatable bonds is 4. The summed E-state index contributed by atoms with van der Waals surface area (Å²) in [6, 6.07) is 30.3. The van der Waals surface area contributed by atoms with Gasteiger partial charge in [0, 0.05) is 0 Å². The minimum atomic E-state index is -4.87. The third kappa shape index (κ3) is 5.52. The summed E-state index contributed by atoms with van der Waals surface area (Å²) in [5.74, 6) is 0. The van der Waals surface area contributed by atoms with Crippen LogP contribution in [0.2, 0.25) is 0 Å². The van der Waals surface area contributed by atoms with Crippen molar-refractivity contribution in [1.82, 2.24) is 0 Å². The van der Waals surface area contributed by atoms with E-state index in [-0.39, 0.29) is 35.6 Å². The van der Waals surface area contributed by atoms with E-state index in [2.05, 4.69) is 170 Å². The normalized spacial score (nSPS) is 14.3. The first-order valence-electron chi connectivity index (χ1n) is 14.9. The van der Waals surface area contributed by atoms with Gasteiger partial charge in [0.15, 0.2) is 0 Å². The zero-order chi connectivity index (χ0) is 30.1. The second-order valence-corrected chi connectivity index (χ2v) is 29.0. The zero-order valence-electron chi connectivity index (χ0n) is 26.4. The maximum atomic E-state index is 5.71. The van der Waals surface area contributed by atoms with Gasteiger partial charge in [-0.2, -0.15) is 0 Å². The number of hydrogen-bond acceptors (Lipinski definition) is 0. The van der Waals surface area contributed by atoms with E-state index in [1.165, 1.54) is 46.5 Å². The molecule has 0 spiro atoms. The average Bonchev–Trinajstić information content (AvgIpc) is 3.60. The second-order valence-electron chi connectivity index (χ2n) is 14.4. The van der Waals surface area contributed by atoms with Gasteiger partial charge in [0.05, 0.1) is 0 Å². The van der Waals surface area contributed by atoms with Crippen molar-refractivity contribution in [3.05, 3.63) is 132 Å². The van der Waals surface area contributed by atoms with Crippen LogP contribution in [0.5, 0.6) is 0 Å². The van der Waals surface area contributed by atoms with Crippen molar-refractivity contribution in [1.29, 1.82) is 0 Å². The predicted octanol–water partition coefficient (Wildman–Crippen LogP) is 10.5. The molecule has 0 radical (unpaired) electrons. The monoisotopic (exact) mass is 828 g/mol. The van der Waals surface area contributed by atoms with E-state index in [9.17, 15) is 0 Å². The molecule has 0 amide bonds. The quantitative estimate of drug-likeness (QED) is 0.169. The molecule has 5 heteroatoms. The summed E-state index contributed by atoms with van der Waals surface area (Å²) < 4.78 is 13.7. The Morgan fingerprint density at radius 3 is 1.80 bits per heavy atom. The van der Waals surface area contributed by atoms with Gasteiger partial charge in [0.2, 0.25) is 0 Å². The average molecular weight is 833 g/mol. The van der Waals surface area contributed by atoms with Crippen LogP contribution >= 0.6 is 56.7 Å². The van der Waals surface area contributed by atoms with Crippen molar-refractivity contribution in [3.63, 3.8) is 0 Å². The van der Waals surface area contributed by atoms with Crippen molar-refractivity contribution in [2.75, 3.05) is 0 Å². The molecular formula is C39H42Br2Cl2Zr. The van der Waals surface area contributed by atoms with Gasteiger partial charge in [-0.1, -0.05) is 0 Å². The molecule has 0 aromatic heterocycles. The molecule has 0 atom stereocenters. The third-order valence-corrected chi connectivity index (χ3v) is 27.0. The fourth-order valence-corrected chi connectivity index (χ4v) is 26.1. The topological polar surface area (TPSA) is 0 Å². The third-order valence-electron chi connectivity index (χ3n) is 9.70. The second kappa shape index (κ2) is 12.4. The van der Waals surface area contributed by atoms with E-state index in [0.717, 1.165) is 21.8 Å². The van der Waals surface area contributed by atoms with Crippen LogP contribution in [0, 0.1) is 0 Å². The van der Waals surface area contributed by atoms with Crippen LogP contribution in [0.15, 0.2) is 109 Å². The van der Waals surface area contributed by atoms with E-state index in [4.69, 9.17) is 4.21 Å². The van der Waals surface area contributed by atoms with E-state index < -0.39 is 18.3 Å². The summed E-state index contributed by atoms with van der Waals surface area (Å²) in [4.78, 5) is 0. The number of fused-ring (bicyclic) bond motifs is 3. The van der Waals surface area contributed by atoms with E-state index in [0.29, 0.717) is 0 Å². The van der Waals surface area contributed by atoms with Gasteiger partial charge in [0.1, 0.15) is 0 Å². The van der Waals surface area contributed by atoms with Crippen molar-refractivity contribution in [3.8, 4) is 11.1 Å². The summed E-state index contributed by atoms with van der Waals surface area (Å²) in [5.41, 5.74) is 8.55. The zero-order valence-corrected chi connectivity index (χ0v) is 33.7. The molecule has 44 heavy (non-hydrogen) atoms. The summed E-state index contributed by atoms with van der Waals surface area (Å²) >= 11 is 2.88. The number of hydrogen-bond donors (Lipinski definition) is 0. The van der Waals surface area contributed by atoms with Crippen LogP contribution in [-0.4, -0.2) is 4.21 Å². The molecule has 0 bridgehead atoms. The van der Waals surface area contributed by atoms with Gasteiger partial charge in [-0.25, -0.2) is 0 Å². The Balaban J connectivity index is 0.00000221. The number of benzene rings is 4. The molecule has 0 heterocycles. The number of allylic oxidation sites excluding steroid dienone is 4. The van der Waals surface area contributed by atoms with Crippen LogP contribution in [0.1, 0.15) is 70.2 Å². The van der Waals surface area contributed by atoms with Gasteiger partial charge >= 0.3 is 272 Å². The Morgan fingerprint density at radius 1 is 0.705 bits per heavy atom. The van der Waals surface area contributed by atoms with Crippen LogP contribution in [0.3, 0.4) is 0 Å². The van der Waals surface area contributed by atoms with Crippen LogP contribution in [0.4, 0.5) is 0 Å². The number of halogens is 4.